The van der Waals surface area contributed by atoms with Crippen LogP contribution in [-0.2, 0) is 6.42 Å². The predicted molar refractivity (Wildman–Crippen MR) is 66.7 cm³/mol. The molecule has 0 aliphatic carbocycles. The molecule has 1 aromatic carbocycles. The summed E-state index contributed by atoms with van der Waals surface area (Å²) in [6.07, 6.45) is 1.66. The predicted octanol–water partition coefficient (Wildman–Crippen LogP) is 2.48. The zero-order valence-corrected chi connectivity index (χ0v) is 9.96. The summed E-state index contributed by atoms with van der Waals surface area (Å²) in [6.45, 7) is 2.67. The molecule has 0 radical (unpaired) electrons. The molecule has 3 nitrogen and oxygen atoms in total. The van der Waals surface area contributed by atoms with Gasteiger partial charge in [0.25, 0.3) is 0 Å². The fourth-order valence-electron chi connectivity index (χ4n) is 1.67. The first kappa shape index (κ1) is 11.3. The van der Waals surface area contributed by atoms with Crippen LogP contribution in [-0.4, -0.2) is 16.5 Å². The number of halogens is 1. The van der Waals surface area contributed by atoms with Gasteiger partial charge in [-0.25, -0.2) is 9.97 Å². The van der Waals surface area contributed by atoms with Gasteiger partial charge in [0.2, 0.25) is 0 Å². The first-order valence-corrected chi connectivity index (χ1v) is 5.72. The molecule has 2 N–H and O–H groups in total. The Morgan fingerprint density at radius 1 is 1.31 bits per heavy atom. The van der Waals surface area contributed by atoms with Crippen LogP contribution in [0.3, 0.4) is 0 Å². The van der Waals surface area contributed by atoms with E-state index in [4.69, 9.17) is 17.3 Å². The highest BCUT2D eigenvalue weighted by Gasteiger charge is 2.07. The van der Waals surface area contributed by atoms with Gasteiger partial charge in [0.05, 0.1) is 5.52 Å². The number of para-hydroxylation sites is 1. The molecule has 0 fully saturated rings. The molecule has 0 amide bonds. The molecule has 2 aromatic rings. The van der Waals surface area contributed by atoms with Gasteiger partial charge in [0, 0.05) is 11.8 Å². The molecular weight excluding hydrogens is 222 g/mol. The number of nitrogens with two attached hydrogens (primary N) is 1. The Bertz CT molecular complexity index is 511. The van der Waals surface area contributed by atoms with Crippen LogP contribution in [0.1, 0.15) is 17.8 Å². The smallest absolute Gasteiger partial charge is 0.140 e. The van der Waals surface area contributed by atoms with Gasteiger partial charge in [-0.3, -0.25) is 0 Å². The van der Waals surface area contributed by atoms with Crippen LogP contribution in [0.2, 0.25) is 5.15 Å². The van der Waals surface area contributed by atoms with Crippen LogP contribution in [0.4, 0.5) is 0 Å². The fourth-order valence-corrected chi connectivity index (χ4v) is 1.92. The van der Waals surface area contributed by atoms with E-state index in [1.165, 1.54) is 0 Å². The monoisotopic (exact) mass is 235 g/mol. The first-order valence-electron chi connectivity index (χ1n) is 5.34. The summed E-state index contributed by atoms with van der Waals surface area (Å²) < 4.78 is 0. The average Bonchev–Trinajstić information content (AvgIpc) is 2.28. The number of hydrogen-bond donors (Lipinski definition) is 1. The number of fused-ring (bicyclic) bond motifs is 1. The quantitative estimate of drug-likeness (QED) is 0.832. The van der Waals surface area contributed by atoms with Crippen LogP contribution in [0.15, 0.2) is 18.2 Å². The molecule has 0 bridgehead atoms. The summed E-state index contributed by atoms with van der Waals surface area (Å²) in [6, 6.07) is 5.93. The summed E-state index contributed by atoms with van der Waals surface area (Å²) in [5.74, 6) is 0.775. The van der Waals surface area contributed by atoms with Crippen molar-refractivity contribution in [3.63, 3.8) is 0 Å². The third-order valence-electron chi connectivity index (χ3n) is 2.53. The second-order valence-electron chi connectivity index (χ2n) is 3.79. The molecule has 0 saturated heterocycles. The zero-order chi connectivity index (χ0) is 11.5. The van der Waals surface area contributed by atoms with Gasteiger partial charge >= 0.3 is 0 Å². The van der Waals surface area contributed by atoms with Crippen molar-refractivity contribution < 1.29 is 0 Å². The van der Waals surface area contributed by atoms with Gasteiger partial charge in [-0.1, -0.05) is 23.7 Å². The molecule has 2 rings (SSSR count). The van der Waals surface area contributed by atoms with Crippen molar-refractivity contribution in [1.29, 1.82) is 0 Å². The Morgan fingerprint density at radius 3 is 2.88 bits per heavy atom. The van der Waals surface area contributed by atoms with Crippen LogP contribution in [0, 0.1) is 6.92 Å². The molecule has 1 aromatic heterocycles. The van der Waals surface area contributed by atoms with E-state index in [0.717, 1.165) is 35.1 Å². The highest BCUT2D eigenvalue weighted by molar-refractivity contribution is 6.34. The molecule has 0 saturated carbocycles. The van der Waals surface area contributed by atoms with E-state index < -0.39 is 0 Å². The van der Waals surface area contributed by atoms with Crippen molar-refractivity contribution in [2.24, 2.45) is 5.73 Å². The van der Waals surface area contributed by atoms with E-state index in [-0.39, 0.29) is 0 Å². The number of hydrogen-bond acceptors (Lipinski definition) is 3. The normalized spacial score (nSPS) is 10.9. The van der Waals surface area contributed by atoms with Gasteiger partial charge in [-0.2, -0.15) is 0 Å². The van der Waals surface area contributed by atoms with Crippen LogP contribution < -0.4 is 5.73 Å². The molecule has 0 aliphatic rings. The summed E-state index contributed by atoms with van der Waals surface area (Å²) in [5, 5.41) is 1.44. The number of aromatic nitrogens is 2. The summed E-state index contributed by atoms with van der Waals surface area (Å²) >= 11 is 6.13. The van der Waals surface area contributed by atoms with Crippen molar-refractivity contribution in [3.05, 3.63) is 34.7 Å². The maximum atomic E-state index is 6.13. The summed E-state index contributed by atoms with van der Waals surface area (Å²) in [7, 11) is 0. The summed E-state index contributed by atoms with van der Waals surface area (Å²) in [4.78, 5) is 8.80. The Morgan fingerprint density at radius 2 is 2.12 bits per heavy atom. The Kier molecular flexibility index (Phi) is 3.36. The van der Waals surface area contributed by atoms with Gasteiger partial charge < -0.3 is 5.73 Å². The largest absolute Gasteiger partial charge is 0.330 e. The number of rotatable bonds is 3. The van der Waals surface area contributed by atoms with Crippen molar-refractivity contribution in [3.8, 4) is 0 Å². The van der Waals surface area contributed by atoms with E-state index in [1.807, 2.05) is 25.1 Å². The van der Waals surface area contributed by atoms with E-state index in [2.05, 4.69) is 9.97 Å². The molecule has 0 atom stereocenters. The molecule has 0 unspecified atom stereocenters. The summed E-state index contributed by atoms with van der Waals surface area (Å²) in [5.41, 5.74) is 7.53. The van der Waals surface area contributed by atoms with Crippen molar-refractivity contribution in [1.82, 2.24) is 9.97 Å². The van der Waals surface area contributed by atoms with Gasteiger partial charge in [-0.15, -0.1) is 0 Å². The minimum absolute atomic E-state index is 0.528. The second kappa shape index (κ2) is 4.76. The number of nitrogens with zero attached hydrogens (tertiary/aromatic N) is 2. The lowest BCUT2D eigenvalue weighted by Gasteiger charge is -2.05. The third kappa shape index (κ3) is 2.15. The molecule has 16 heavy (non-hydrogen) atoms. The number of benzene rings is 1. The SMILES string of the molecule is Cc1cccc2c(Cl)nc(CCCN)nc12. The molecule has 0 aliphatic heterocycles. The van der Waals surface area contributed by atoms with Gasteiger partial charge in [-0.05, 0) is 31.5 Å². The van der Waals surface area contributed by atoms with Crippen molar-refractivity contribution >= 4 is 22.5 Å². The lowest BCUT2D eigenvalue weighted by atomic mass is 10.1. The fraction of sp³-hybridized carbons (Fsp3) is 0.333. The maximum absolute atomic E-state index is 6.13. The topological polar surface area (TPSA) is 51.8 Å². The molecule has 1 heterocycles. The zero-order valence-electron chi connectivity index (χ0n) is 9.20. The highest BCUT2D eigenvalue weighted by Crippen LogP contribution is 2.22. The Hall–Kier alpha value is -1.19. The van der Waals surface area contributed by atoms with Gasteiger partial charge in [0.1, 0.15) is 11.0 Å². The van der Waals surface area contributed by atoms with E-state index >= 15 is 0 Å². The Balaban J connectivity index is 2.52. The third-order valence-corrected chi connectivity index (χ3v) is 2.82. The lowest BCUT2D eigenvalue weighted by Crippen LogP contribution is -2.04. The van der Waals surface area contributed by atoms with E-state index in [9.17, 15) is 0 Å². The highest BCUT2D eigenvalue weighted by atomic mass is 35.5. The maximum Gasteiger partial charge on any atom is 0.140 e. The minimum atomic E-state index is 0.528. The van der Waals surface area contributed by atoms with Gasteiger partial charge in [0.15, 0.2) is 0 Å². The first-order chi connectivity index (χ1) is 7.72. The second-order valence-corrected chi connectivity index (χ2v) is 4.15. The molecule has 0 spiro atoms. The van der Waals surface area contributed by atoms with Crippen LogP contribution in [0.5, 0.6) is 0 Å². The molecule has 84 valence electrons. The molecule has 4 heteroatoms. The number of aryl methyl sites for hydroxylation is 2. The lowest BCUT2D eigenvalue weighted by molar-refractivity contribution is 0.786. The van der Waals surface area contributed by atoms with E-state index in [1.54, 1.807) is 0 Å². The standard InChI is InChI=1S/C12H14ClN3/c1-8-4-2-5-9-11(8)15-10(6-3-7-14)16-12(9)13/h2,4-5H,3,6-7,14H2,1H3. The molecular formula is C12H14ClN3. The van der Waals surface area contributed by atoms with Crippen molar-refractivity contribution in [2.45, 2.75) is 19.8 Å². The van der Waals surface area contributed by atoms with Crippen molar-refractivity contribution in [2.75, 3.05) is 6.54 Å². The average molecular weight is 236 g/mol. The van der Waals surface area contributed by atoms with Crippen LogP contribution in [0.25, 0.3) is 10.9 Å². The Labute approximate surface area is 99.7 Å². The van der Waals surface area contributed by atoms with E-state index in [0.29, 0.717) is 11.7 Å². The van der Waals surface area contributed by atoms with Crippen LogP contribution >= 0.6 is 11.6 Å². The minimum Gasteiger partial charge on any atom is -0.330 e.